The van der Waals surface area contributed by atoms with Crippen LogP contribution in [0.1, 0.15) is 22.5 Å². The highest BCUT2D eigenvalue weighted by Gasteiger charge is 2.18. The van der Waals surface area contributed by atoms with Crippen molar-refractivity contribution in [2.24, 2.45) is 0 Å². The molecule has 1 aromatic heterocycles. The van der Waals surface area contributed by atoms with E-state index < -0.39 is 0 Å². The third-order valence-electron chi connectivity index (χ3n) is 2.35. The van der Waals surface area contributed by atoms with E-state index in [1.165, 1.54) is 7.11 Å². The number of hydrogen-bond acceptors (Lipinski definition) is 4. The molecule has 0 bridgehead atoms. The summed E-state index contributed by atoms with van der Waals surface area (Å²) in [6.07, 6.45) is 3.55. The Morgan fingerprint density at radius 2 is 2.50 bits per heavy atom. The number of carbonyl (C=O) groups excluding carboxylic acids is 1. The quantitative estimate of drug-likeness (QED) is 0.680. The van der Waals surface area contributed by atoms with Crippen LogP contribution in [0.25, 0.3) is 0 Å². The van der Waals surface area contributed by atoms with Gasteiger partial charge in [-0.1, -0.05) is 0 Å². The lowest BCUT2D eigenvalue weighted by Gasteiger charge is -2.18. The molecule has 0 saturated heterocycles. The summed E-state index contributed by atoms with van der Waals surface area (Å²) in [5.74, 6) is -0.356. The first-order valence-corrected chi connectivity index (χ1v) is 4.63. The number of rotatable bonds is 1. The van der Waals surface area contributed by atoms with Crippen molar-refractivity contribution in [2.75, 3.05) is 19.0 Å². The zero-order chi connectivity index (χ0) is 9.97. The summed E-state index contributed by atoms with van der Waals surface area (Å²) in [5.41, 5.74) is 2.43. The molecule has 0 amide bonds. The van der Waals surface area contributed by atoms with Crippen LogP contribution in [0.2, 0.25) is 0 Å². The molecule has 0 unspecified atom stereocenters. The number of carbonyl (C=O) groups is 1. The van der Waals surface area contributed by atoms with Crippen molar-refractivity contribution in [1.29, 1.82) is 0 Å². The smallest absolute Gasteiger partial charge is 0.357 e. The number of methoxy groups -OCH3 is 1. The standard InChI is InChI=1S/C10H12N2O2/c1-14-10(13)9-7-3-2-5-11-8(7)4-6-12-9/h4,6,11H,2-3,5H2,1H3. The van der Waals surface area contributed by atoms with Gasteiger partial charge in [-0.05, 0) is 18.9 Å². The highest BCUT2D eigenvalue weighted by molar-refractivity contribution is 5.90. The van der Waals surface area contributed by atoms with Gasteiger partial charge in [-0.2, -0.15) is 0 Å². The second-order valence-corrected chi connectivity index (χ2v) is 3.21. The molecule has 1 aliphatic rings. The zero-order valence-electron chi connectivity index (χ0n) is 8.04. The molecule has 0 fully saturated rings. The van der Waals surface area contributed by atoms with Crippen molar-refractivity contribution >= 4 is 11.7 Å². The van der Waals surface area contributed by atoms with Gasteiger partial charge in [0.2, 0.25) is 0 Å². The molecular weight excluding hydrogens is 180 g/mol. The minimum Gasteiger partial charge on any atom is -0.464 e. The third kappa shape index (κ3) is 1.43. The predicted molar refractivity (Wildman–Crippen MR) is 52.4 cm³/mol. The van der Waals surface area contributed by atoms with Gasteiger partial charge in [0.05, 0.1) is 7.11 Å². The Morgan fingerprint density at radius 1 is 1.64 bits per heavy atom. The van der Waals surface area contributed by atoms with Gasteiger partial charge >= 0.3 is 5.97 Å². The number of pyridine rings is 1. The maximum Gasteiger partial charge on any atom is 0.357 e. The Bertz CT molecular complexity index is 363. The van der Waals surface area contributed by atoms with Crippen molar-refractivity contribution in [3.8, 4) is 0 Å². The minimum atomic E-state index is -0.356. The molecule has 0 radical (unpaired) electrons. The van der Waals surface area contributed by atoms with Crippen LogP contribution < -0.4 is 5.32 Å². The monoisotopic (exact) mass is 192 g/mol. The highest BCUT2D eigenvalue weighted by Crippen LogP contribution is 2.23. The molecule has 74 valence electrons. The van der Waals surface area contributed by atoms with Crippen LogP contribution in [-0.2, 0) is 11.2 Å². The summed E-state index contributed by atoms with van der Waals surface area (Å²) in [5, 5.41) is 3.23. The number of ether oxygens (including phenoxy) is 1. The van der Waals surface area contributed by atoms with Crippen molar-refractivity contribution in [1.82, 2.24) is 4.98 Å². The summed E-state index contributed by atoms with van der Waals surface area (Å²) in [7, 11) is 1.37. The second kappa shape index (κ2) is 3.65. The lowest BCUT2D eigenvalue weighted by molar-refractivity contribution is 0.0592. The van der Waals surface area contributed by atoms with Crippen molar-refractivity contribution in [2.45, 2.75) is 12.8 Å². The van der Waals surface area contributed by atoms with Crippen LogP contribution in [0.3, 0.4) is 0 Å². The minimum absolute atomic E-state index is 0.356. The maximum atomic E-state index is 11.4. The summed E-state index contributed by atoms with van der Waals surface area (Å²) in [4.78, 5) is 15.4. The summed E-state index contributed by atoms with van der Waals surface area (Å²) in [6, 6.07) is 1.89. The number of anilines is 1. The molecule has 0 atom stereocenters. The van der Waals surface area contributed by atoms with Crippen molar-refractivity contribution < 1.29 is 9.53 Å². The topological polar surface area (TPSA) is 51.2 Å². The van der Waals surface area contributed by atoms with Gasteiger partial charge in [0.1, 0.15) is 0 Å². The Hall–Kier alpha value is -1.58. The second-order valence-electron chi connectivity index (χ2n) is 3.21. The molecule has 0 aromatic carbocycles. The molecule has 2 rings (SSSR count). The highest BCUT2D eigenvalue weighted by atomic mass is 16.5. The fourth-order valence-electron chi connectivity index (χ4n) is 1.67. The summed E-state index contributed by atoms with van der Waals surface area (Å²) in [6.45, 7) is 0.956. The number of nitrogens with zero attached hydrogens (tertiary/aromatic N) is 1. The van der Waals surface area contributed by atoms with Crippen LogP contribution in [-0.4, -0.2) is 24.6 Å². The molecule has 0 saturated carbocycles. The van der Waals surface area contributed by atoms with E-state index in [2.05, 4.69) is 15.0 Å². The molecular formula is C10H12N2O2. The van der Waals surface area contributed by atoms with Crippen LogP contribution >= 0.6 is 0 Å². The van der Waals surface area contributed by atoms with Crippen molar-refractivity contribution in [3.63, 3.8) is 0 Å². The predicted octanol–water partition coefficient (Wildman–Crippen LogP) is 1.23. The zero-order valence-corrected chi connectivity index (χ0v) is 8.04. The summed E-state index contributed by atoms with van der Waals surface area (Å²) < 4.78 is 4.67. The molecule has 1 aromatic rings. The lowest BCUT2D eigenvalue weighted by Crippen LogP contribution is -2.17. The van der Waals surface area contributed by atoms with E-state index in [9.17, 15) is 4.79 Å². The molecule has 2 heterocycles. The molecule has 4 nitrogen and oxygen atoms in total. The average molecular weight is 192 g/mol. The van der Waals surface area contributed by atoms with Crippen LogP contribution in [0.4, 0.5) is 5.69 Å². The van der Waals surface area contributed by atoms with E-state index in [-0.39, 0.29) is 5.97 Å². The van der Waals surface area contributed by atoms with Gasteiger partial charge < -0.3 is 10.1 Å². The van der Waals surface area contributed by atoms with E-state index in [4.69, 9.17) is 0 Å². The first-order valence-electron chi connectivity index (χ1n) is 4.63. The van der Waals surface area contributed by atoms with Gasteiger partial charge in [0.15, 0.2) is 5.69 Å². The number of aromatic nitrogens is 1. The van der Waals surface area contributed by atoms with E-state index in [1.807, 2.05) is 6.07 Å². The first-order chi connectivity index (χ1) is 6.83. The van der Waals surface area contributed by atoms with Crippen LogP contribution in [0.5, 0.6) is 0 Å². The Balaban J connectivity index is 2.45. The van der Waals surface area contributed by atoms with Crippen molar-refractivity contribution in [3.05, 3.63) is 23.5 Å². The summed E-state index contributed by atoms with van der Waals surface area (Å²) >= 11 is 0. The fourth-order valence-corrected chi connectivity index (χ4v) is 1.67. The van der Waals surface area contributed by atoms with Gasteiger partial charge in [-0.15, -0.1) is 0 Å². The van der Waals surface area contributed by atoms with Gasteiger partial charge in [-0.3, -0.25) is 0 Å². The van der Waals surface area contributed by atoms with Crippen LogP contribution in [0.15, 0.2) is 12.3 Å². The number of nitrogens with one attached hydrogen (secondary N) is 1. The van der Waals surface area contributed by atoms with E-state index >= 15 is 0 Å². The largest absolute Gasteiger partial charge is 0.464 e. The Morgan fingerprint density at radius 3 is 3.29 bits per heavy atom. The van der Waals surface area contributed by atoms with Gasteiger partial charge in [0, 0.05) is 24.0 Å². The molecule has 1 aliphatic heterocycles. The van der Waals surface area contributed by atoms with E-state index in [0.717, 1.165) is 30.6 Å². The van der Waals surface area contributed by atoms with Gasteiger partial charge in [0.25, 0.3) is 0 Å². The fraction of sp³-hybridized carbons (Fsp3) is 0.400. The number of esters is 1. The molecule has 0 aliphatic carbocycles. The number of fused-ring (bicyclic) bond motifs is 1. The Labute approximate surface area is 82.3 Å². The molecule has 4 heteroatoms. The van der Waals surface area contributed by atoms with E-state index in [0.29, 0.717) is 5.69 Å². The third-order valence-corrected chi connectivity index (χ3v) is 2.35. The maximum absolute atomic E-state index is 11.4. The normalized spacial score (nSPS) is 14.1. The molecule has 0 spiro atoms. The average Bonchev–Trinajstić information content (AvgIpc) is 2.27. The van der Waals surface area contributed by atoms with E-state index in [1.54, 1.807) is 6.20 Å². The number of hydrogen-bond donors (Lipinski definition) is 1. The SMILES string of the molecule is COC(=O)c1nccc2c1CCCN2. The molecule has 1 N–H and O–H groups in total. The lowest BCUT2D eigenvalue weighted by atomic mass is 10.0. The van der Waals surface area contributed by atoms with Crippen LogP contribution in [0, 0.1) is 0 Å². The van der Waals surface area contributed by atoms with Gasteiger partial charge in [-0.25, -0.2) is 9.78 Å². The molecule has 14 heavy (non-hydrogen) atoms. The first kappa shape index (κ1) is 8.99. The Kier molecular flexibility index (Phi) is 2.35.